The first kappa shape index (κ1) is 19.5. The molecule has 0 saturated heterocycles. The van der Waals surface area contributed by atoms with Crippen molar-refractivity contribution in [3.63, 3.8) is 0 Å². The zero-order chi connectivity index (χ0) is 19.6. The molecule has 0 spiro atoms. The minimum absolute atomic E-state index is 0.332. The van der Waals surface area contributed by atoms with E-state index in [-0.39, 0.29) is 12.4 Å². The molecule has 0 amide bonds. The number of ether oxygens (including phenoxy) is 1. The average Bonchev–Trinajstić information content (AvgIpc) is 2.74. The third kappa shape index (κ3) is 3.89. The molecule has 1 aliphatic carbocycles. The number of halogens is 1. The molecule has 0 bridgehead atoms. The fourth-order valence-electron chi connectivity index (χ4n) is 4.08. The van der Waals surface area contributed by atoms with Crippen LogP contribution in [0.5, 0.6) is 0 Å². The van der Waals surface area contributed by atoms with Gasteiger partial charge in [-0.2, -0.15) is 0 Å². The highest BCUT2D eigenvalue weighted by Crippen LogP contribution is 2.48. The summed E-state index contributed by atoms with van der Waals surface area (Å²) < 4.78 is 19.8. The number of carbonyl (C=O) groups is 1. The Morgan fingerprint density at radius 3 is 2.74 bits per heavy atom. The van der Waals surface area contributed by atoms with E-state index in [2.05, 4.69) is 0 Å². The van der Waals surface area contributed by atoms with E-state index in [0.29, 0.717) is 24.8 Å². The molecule has 4 nitrogen and oxygen atoms in total. The van der Waals surface area contributed by atoms with Crippen LogP contribution in [0.25, 0.3) is 0 Å². The summed E-state index contributed by atoms with van der Waals surface area (Å²) in [4.78, 5) is 11.9. The van der Waals surface area contributed by atoms with Gasteiger partial charge in [0.2, 0.25) is 0 Å². The number of esters is 1. The SMILES string of the molecule is CC(=O)O[C@H]1c2cc(F)ccc2Cc2ccccc2[C@@]1(C)CC[C@@H](O)CO. The number of aliphatic hydroxyl groups excluding tert-OH is 2. The molecule has 0 unspecified atom stereocenters. The Morgan fingerprint density at radius 2 is 2.04 bits per heavy atom. The van der Waals surface area contributed by atoms with E-state index in [0.717, 1.165) is 16.7 Å². The number of fused-ring (bicyclic) bond motifs is 2. The maximum atomic E-state index is 14.1. The molecule has 0 aliphatic heterocycles. The molecule has 2 aromatic rings. The van der Waals surface area contributed by atoms with Crippen LogP contribution in [0.4, 0.5) is 4.39 Å². The Labute approximate surface area is 158 Å². The average molecular weight is 372 g/mol. The predicted molar refractivity (Wildman–Crippen MR) is 99.8 cm³/mol. The Kier molecular flexibility index (Phi) is 5.63. The minimum atomic E-state index is -0.859. The van der Waals surface area contributed by atoms with Gasteiger partial charge in [0.25, 0.3) is 0 Å². The quantitative estimate of drug-likeness (QED) is 0.789. The van der Waals surface area contributed by atoms with Gasteiger partial charge in [-0.1, -0.05) is 37.3 Å². The lowest BCUT2D eigenvalue weighted by Gasteiger charge is -2.38. The molecule has 3 rings (SSSR count). The van der Waals surface area contributed by atoms with Crippen LogP contribution in [0.1, 0.15) is 55.0 Å². The van der Waals surface area contributed by atoms with Crippen molar-refractivity contribution in [3.05, 3.63) is 70.5 Å². The zero-order valence-electron chi connectivity index (χ0n) is 15.6. The molecular weight excluding hydrogens is 347 g/mol. The van der Waals surface area contributed by atoms with Crippen LogP contribution >= 0.6 is 0 Å². The molecule has 3 atom stereocenters. The Balaban J connectivity index is 2.19. The lowest BCUT2D eigenvalue weighted by molar-refractivity contribution is -0.151. The molecule has 27 heavy (non-hydrogen) atoms. The third-order valence-corrected chi connectivity index (χ3v) is 5.47. The number of benzene rings is 2. The van der Waals surface area contributed by atoms with Crippen LogP contribution in [0, 0.1) is 5.82 Å². The maximum Gasteiger partial charge on any atom is 0.303 e. The number of rotatable bonds is 5. The lowest BCUT2D eigenvalue weighted by atomic mass is 9.71. The second-order valence-electron chi connectivity index (χ2n) is 7.46. The molecule has 0 radical (unpaired) electrons. The summed E-state index contributed by atoms with van der Waals surface area (Å²) in [6.07, 6.45) is -0.122. The highest BCUT2D eigenvalue weighted by atomic mass is 19.1. The van der Waals surface area contributed by atoms with Gasteiger partial charge in [-0.25, -0.2) is 4.39 Å². The van der Waals surface area contributed by atoms with E-state index < -0.39 is 23.6 Å². The number of hydrogen-bond acceptors (Lipinski definition) is 4. The van der Waals surface area contributed by atoms with Gasteiger partial charge >= 0.3 is 5.97 Å². The molecule has 2 N–H and O–H groups in total. The molecule has 1 aliphatic rings. The first-order valence-electron chi connectivity index (χ1n) is 9.18. The summed E-state index contributed by atoms with van der Waals surface area (Å²) in [6, 6.07) is 12.5. The molecule has 144 valence electrons. The lowest BCUT2D eigenvalue weighted by Crippen LogP contribution is -2.35. The maximum absolute atomic E-state index is 14.1. The second-order valence-corrected chi connectivity index (χ2v) is 7.46. The van der Waals surface area contributed by atoms with Crippen molar-refractivity contribution in [1.29, 1.82) is 0 Å². The van der Waals surface area contributed by atoms with Gasteiger partial charge in [0.1, 0.15) is 11.9 Å². The summed E-state index contributed by atoms with van der Waals surface area (Å²) in [5.74, 6) is -0.821. The first-order chi connectivity index (χ1) is 12.8. The van der Waals surface area contributed by atoms with E-state index in [1.165, 1.54) is 19.1 Å². The monoisotopic (exact) mass is 372 g/mol. The van der Waals surface area contributed by atoms with Gasteiger partial charge in [0.05, 0.1) is 12.7 Å². The van der Waals surface area contributed by atoms with Crippen molar-refractivity contribution in [2.24, 2.45) is 0 Å². The number of hydrogen-bond donors (Lipinski definition) is 2. The minimum Gasteiger partial charge on any atom is -0.457 e. The smallest absolute Gasteiger partial charge is 0.303 e. The second kappa shape index (κ2) is 7.79. The van der Waals surface area contributed by atoms with Crippen molar-refractivity contribution < 1.29 is 24.1 Å². The third-order valence-electron chi connectivity index (χ3n) is 5.47. The van der Waals surface area contributed by atoms with Crippen molar-refractivity contribution in [2.45, 2.75) is 50.7 Å². The molecule has 0 aromatic heterocycles. The van der Waals surface area contributed by atoms with Crippen LogP contribution in [-0.2, 0) is 21.4 Å². The Hall–Kier alpha value is -2.24. The van der Waals surface area contributed by atoms with Crippen LogP contribution in [-0.4, -0.2) is 28.9 Å². The van der Waals surface area contributed by atoms with E-state index in [1.807, 2.05) is 31.2 Å². The molecule has 0 heterocycles. The fourth-order valence-corrected chi connectivity index (χ4v) is 4.08. The van der Waals surface area contributed by atoms with E-state index in [1.54, 1.807) is 6.07 Å². The molecule has 0 saturated carbocycles. The van der Waals surface area contributed by atoms with Crippen LogP contribution < -0.4 is 0 Å². The van der Waals surface area contributed by atoms with E-state index >= 15 is 0 Å². The number of carbonyl (C=O) groups excluding carboxylic acids is 1. The molecule has 2 aromatic carbocycles. The van der Waals surface area contributed by atoms with Crippen molar-refractivity contribution in [3.8, 4) is 0 Å². The highest BCUT2D eigenvalue weighted by Gasteiger charge is 2.43. The topological polar surface area (TPSA) is 66.8 Å². The van der Waals surface area contributed by atoms with Crippen LogP contribution in [0.3, 0.4) is 0 Å². The van der Waals surface area contributed by atoms with Gasteiger partial charge < -0.3 is 14.9 Å². The Morgan fingerprint density at radius 1 is 1.30 bits per heavy atom. The number of aliphatic hydroxyl groups is 2. The van der Waals surface area contributed by atoms with Crippen molar-refractivity contribution in [2.75, 3.05) is 6.61 Å². The van der Waals surface area contributed by atoms with E-state index in [4.69, 9.17) is 4.74 Å². The summed E-state index contributed by atoms with van der Waals surface area (Å²) >= 11 is 0. The van der Waals surface area contributed by atoms with Crippen molar-refractivity contribution >= 4 is 5.97 Å². The van der Waals surface area contributed by atoms with Gasteiger partial charge in [-0.05, 0) is 53.6 Å². The van der Waals surface area contributed by atoms with Gasteiger partial charge in [-0.3, -0.25) is 4.79 Å². The zero-order valence-corrected chi connectivity index (χ0v) is 15.6. The largest absolute Gasteiger partial charge is 0.457 e. The van der Waals surface area contributed by atoms with Crippen molar-refractivity contribution in [1.82, 2.24) is 0 Å². The fraction of sp³-hybridized carbons (Fsp3) is 0.409. The van der Waals surface area contributed by atoms with Crippen LogP contribution in [0.2, 0.25) is 0 Å². The summed E-state index contributed by atoms with van der Waals surface area (Å²) in [5.41, 5.74) is 3.00. The van der Waals surface area contributed by atoms with E-state index in [9.17, 15) is 19.4 Å². The predicted octanol–water partition coefficient (Wildman–Crippen LogP) is 3.43. The highest BCUT2D eigenvalue weighted by molar-refractivity contribution is 5.67. The summed E-state index contributed by atoms with van der Waals surface area (Å²) in [7, 11) is 0. The molecule has 0 fully saturated rings. The first-order valence-corrected chi connectivity index (χ1v) is 9.18. The molecule has 5 heteroatoms. The Bertz CT molecular complexity index is 835. The summed E-state index contributed by atoms with van der Waals surface area (Å²) in [5, 5.41) is 19.1. The van der Waals surface area contributed by atoms with Crippen LogP contribution in [0.15, 0.2) is 42.5 Å². The van der Waals surface area contributed by atoms with Gasteiger partial charge in [0.15, 0.2) is 0 Å². The van der Waals surface area contributed by atoms with Gasteiger partial charge in [0, 0.05) is 12.3 Å². The molecular formula is C22H25FO4. The summed E-state index contributed by atoms with van der Waals surface area (Å²) in [6.45, 7) is 2.99. The normalized spacial score (nSPS) is 22.3. The van der Waals surface area contributed by atoms with Gasteiger partial charge in [-0.15, -0.1) is 0 Å². The standard InChI is InChI=1S/C22H25FO4/c1-14(25)27-21-19-12-17(23)8-7-15(19)11-16-5-3-4-6-20(16)22(21,2)10-9-18(26)13-24/h3-8,12,18,21,24,26H,9-11,13H2,1-2H3/t18-,21+,22-/m1/s1.